The summed E-state index contributed by atoms with van der Waals surface area (Å²) < 4.78 is 3.67. The van der Waals surface area contributed by atoms with E-state index in [1.165, 1.54) is 0 Å². The number of nitrogens with one attached hydrogen (secondary N) is 1. The van der Waals surface area contributed by atoms with Crippen molar-refractivity contribution in [2.45, 2.75) is 26.4 Å². The smallest absolute Gasteiger partial charge is 0.133 e. The summed E-state index contributed by atoms with van der Waals surface area (Å²) in [6.45, 7) is 3.85. The molecule has 0 aliphatic rings. The fraction of sp³-hybridized carbons (Fsp3) is 0.353. The molecule has 9 heteroatoms. The molecule has 0 aliphatic heterocycles. The van der Waals surface area contributed by atoms with Crippen molar-refractivity contribution < 1.29 is 0 Å². The number of hydrogen-bond acceptors (Lipinski definition) is 4. The van der Waals surface area contributed by atoms with E-state index in [2.05, 4.69) is 20.6 Å². The van der Waals surface area contributed by atoms with E-state index in [4.69, 9.17) is 34.8 Å². The SMILES string of the molecule is Cc1nn(Cc2ccc(Cl)cc2Cl)c(Cl)c1CNCCc1nncn1C. The quantitative estimate of drug-likeness (QED) is 0.601. The summed E-state index contributed by atoms with van der Waals surface area (Å²) in [6.07, 6.45) is 2.49. The van der Waals surface area contributed by atoms with Crippen LogP contribution in [0.1, 0.15) is 22.6 Å². The molecule has 0 atom stereocenters. The maximum atomic E-state index is 6.53. The molecule has 1 aromatic carbocycles. The average Bonchev–Trinajstić information content (AvgIpc) is 3.11. The Bertz CT molecular complexity index is 902. The van der Waals surface area contributed by atoms with Crippen LogP contribution < -0.4 is 5.32 Å². The molecule has 3 rings (SSSR count). The molecule has 0 amide bonds. The van der Waals surface area contributed by atoms with Crippen LogP contribution in [0, 0.1) is 6.92 Å². The van der Waals surface area contributed by atoms with Crippen molar-refractivity contribution in [2.24, 2.45) is 7.05 Å². The lowest BCUT2D eigenvalue weighted by atomic mass is 10.2. The molecule has 0 spiro atoms. The number of benzene rings is 1. The third-order valence-electron chi connectivity index (χ3n) is 4.15. The second-order valence-electron chi connectivity index (χ2n) is 6.03. The van der Waals surface area contributed by atoms with Gasteiger partial charge in [0.05, 0.1) is 12.2 Å². The Morgan fingerprint density at radius 1 is 1.19 bits per heavy atom. The monoisotopic (exact) mass is 412 g/mol. The zero-order chi connectivity index (χ0) is 18.7. The third kappa shape index (κ3) is 4.38. The van der Waals surface area contributed by atoms with E-state index in [1.807, 2.05) is 30.7 Å². The number of aromatic nitrogens is 5. The van der Waals surface area contributed by atoms with Crippen molar-refractivity contribution in [2.75, 3.05) is 6.54 Å². The van der Waals surface area contributed by atoms with Crippen molar-refractivity contribution in [3.63, 3.8) is 0 Å². The molecule has 3 aromatic rings. The highest BCUT2D eigenvalue weighted by Gasteiger charge is 2.14. The van der Waals surface area contributed by atoms with Crippen molar-refractivity contribution >= 4 is 34.8 Å². The minimum absolute atomic E-state index is 0.495. The summed E-state index contributed by atoms with van der Waals surface area (Å²) in [5.41, 5.74) is 2.79. The Morgan fingerprint density at radius 2 is 2.00 bits per heavy atom. The van der Waals surface area contributed by atoms with Crippen LogP contribution in [-0.2, 0) is 26.6 Å². The first-order valence-corrected chi connectivity index (χ1v) is 9.28. The van der Waals surface area contributed by atoms with Gasteiger partial charge in [0.15, 0.2) is 0 Å². The van der Waals surface area contributed by atoms with E-state index >= 15 is 0 Å². The molecule has 6 nitrogen and oxygen atoms in total. The summed E-state index contributed by atoms with van der Waals surface area (Å²) in [5, 5.41) is 17.7. The van der Waals surface area contributed by atoms with Gasteiger partial charge in [-0.2, -0.15) is 5.10 Å². The van der Waals surface area contributed by atoms with Gasteiger partial charge in [0.2, 0.25) is 0 Å². The molecule has 0 aliphatic carbocycles. The number of aryl methyl sites for hydroxylation is 2. The molecule has 0 unspecified atom stereocenters. The van der Waals surface area contributed by atoms with Gasteiger partial charge in [-0.3, -0.25) is 0 Å². The molecule has 0 saturated heterocycles. The first kappa shape index (κ1) is 19.2. The third-order valence-corrected chi connectivity index (χ3v) is 5.16. The second-order valence-corrected chi connectivity index (χ2v) is 7.23. The van der Waals surface area contributed by atoms with Crippen LogP contribution >= 0.6 is 34.8 Å². The molecule has 2 aromatic heterocycles. The fourth-order valence-corrected chi connectivity index (χ4v) is 3.42. The molecule has 0 saturated carbocycles. The Labute approximate surface area is 167 Å². The van der Waals surface area contributed by atoms with Crippen LogP contribution in [-0.4, -0.2) is 31.1 Å². The maximum absolute atomic E-state index is 6.53. The Hall–Kier alpha value is -1.60. The van der Waals surface area contributed by atoms with Gasteiger partial charge in [-0.1, -0.05) is 40.9 Å². The molecule has 138 valence electrons. The van der Waals surface area contributed by atoms with E-state index in [0.29, 0.717) is 28.3 Å². The van der Waals surface area contributed by atoms with E-state index in [-0.39, 0.29) is 0 Å². The number of nitrogens with zero attached hydrogens (tertiary/aromatic N) is 5. The van der Waals surface area contributed by atoms with Crippen LogP contribution in [0.25, 0.3) is 0 Å². The summed E-state index contributed by atoms with van der Waals surface area (Å²) in [4.78, 5) is 0. The average molecular weight is 414 g/mol. The molecule has 0 radical (unpaired) electrons. The van der Waals surface area contributed by atoms with Gasteiger partial charge >= 0.3 is 0 Å². The van der Waals surface area contributed by atoms with E-state index in [0.717, 1.165) is 35.6 Å². The zero-order valence-electron chi connectivity index (χ0n) is 14.5. The highest BCUT2D eigenvalue weighted by atomic mass is 35.5. The number of hydrogen-bond donors (Lipinski definition) is 1. The minimum Gasteiger partial charge on any atom is -0.321 e. The van der Waals surface area contributed by atoms with Crippen LogP contribution in [0.5, 0.6) is 0 Å². The summed E-state index contributed by atoms with van der Waals surface area (Å²) in [5.74, 6) is 0.938. The van der Waals surface area contributed by atoms with Gasteiger partial charge < -0.3 is 9.88 Å². The van der Waals surface area contributed by atoms with Crippen molar-refractivity contribution in [3.8, 4) is 0 Å². The van der Waals surface area contributed by atoms with Gasteiger partial charge in [-0.05, 0) is 24.6 Å². The molecular weight excluding hydrogens is 395 g/mol. The molecular formula is C17H19Cl3N6. The normalized spacial score (nSPS) is 11.3. The Balaban J connectivity index is 1.63. The van der Waals surface area contributed by atoms with Gasteiger partial charge in [0.1, 0.15) is 17.3 Å². The fourth-order valence-electron chi connectivity index (χ4n) is 2.65. The van der Waals surface area contributed by atoms with E-state index < -0.39 is 0 Å². The predicted molar refractivity (Wildman–Crippen MR) is 104 cm³/mol. The minimum atomic E-state index is 0.495. The van der Waals surface area contributed by atoms with E-state index in [9.17, 15) is 0 Å². The zero-order valence-corrected chi connectivity index (χ0v) is 16.8. The summed E-state index contributed by atoms with van der Waals surface area (Å²) >= 11 is 18.7. The van der Waals surface area contributed by atoms with Crippen LogP contribution in [0.4, 0.5) is 0 Å². The Morgan fingerprint density at radius 3 is 2.69 bits per heavy atom. The topological polar surface area (TPSA) is 60.6 Å². The summed E-state index contributed by atoms with van der Waals surface area (Å²) in [6, 6.07) is 5.41. The van der Waals surface area contributed by atoms with Gasteiger partial charge in [0, 0.05) is 42.2 Å². The first-order valence-electron chi connectivity index (χ1n) is 8.15. The molecule has 0 fully saturated rings. The highest BCUT2D eigenvalue weighted by Crippen LogP contribution is 2.25. The van der Waals surface area contributed by atoms with Crippen LogP contribution in [0.3, 0.4) is 0 Å². The van der Waals surface area contributed by atoms with E-state index in [1.54, 1.807) is 17.1 Å². The lowest BCUT2D eigenvalue weighted by Crippen LogP contribution is -2.18. The lowest BCUT2D eigenvalue weighted by Gasteiger charge is -2.07. The number of rotatable bonds is 7. The van der Waals surface area contributed by atoms with Gasteiger partial charge in [-0.25, -0.2) is 4.68 Å². The highest BCUT2D eigenvalue weighted by molar-refractivity contribution is 6.35. The van der Waals surface area contributed by atoms with Crippen molar-refractivity contribution in [3.05, 3.63) is 62.4 Å². The second kappa shape index (κ2) is 8.39. The van der Waals surface area contributed by atoms with Crippen molar-refractivity contribution in [1.82, 2.24) is 29.9 Å². The standard InChI is InChI=1S/C17H19Cl3N6/c1-11-14(8-21-6-5-16-23-22-10-25(16)2)17(20)26(24-11)9-12-3-4-13(18)7-15(12)19/h3-4,7,10,21H,5-6,8-9H2,1-2H3. The molecule has 2 heterocycles. The summed E-state index contributed by atoms with van der Waals surface area (Å²) in [7, 11) is 1.93. The molecule has 0 bridgehead atoms. The molecule has 1 N–H and O–H groups in total. The maximum Gasteiger partial charge on any atom is 0.133 e. The first-order chi connectivity index (χ1) is 12.5. The van der Waals surface area contributed by atoms with Crippen LogP contribution in [0.15, 0.2) is 24.5 Å². The largest absolute Gasteiger partial charge is 0.321 e. The Kier molecular flexibility index (Phi) is 6.19. The predicted octanol–water partition coefficient (Wildman–Crippen LogP) is 3.66. The lowest BCUT2D eigenvalue weighted by molar-refractivity contribution is 0.651. The van der Waals surface area contributed by atoms with Gasteiger partial charge in [-0.15, -0.1) is 10.2 Å². The number of halogens is 3. The van der Waals surface area contributed by atoms with Gasteiger partial charge in [0.25, 0.3) is 0 Å². The van der Waals surface area contributed by atoms with Crippen LogP contribution in [0.2, 0.25) is 15.2 Å². The van der Waals surface area contributed by atoms with Crippen molar-refractivity contribution in [1.29, 1.82) is 0 Å². The molecule has 26 heavy (non-hydrogen) atoms.